The van der Waals surface area contributed by atoms with E-state index in [-0.39, 0.29) is 18.5 Å². The van der Waals surface area contributed by atoms with Gasteiger partial charge in [-0.3, -0.25) is 14.2 Å². The van der Waals surface area contributed by atoms with Gasteiger partial charge in [0.15, 0.2) is 0 Å². The molecule has 7 heteroatoms. The standard InChI is InChI=1S/C18H18ClN3O2S/c1-2-13-10-14-17(25-13)21-16(9-11-4-3-5-12(19)8-11)22(18(14)24)7-6-15(20)23/h3-5,8,10H,2,6-7,9H2,1H3,(H2,20,23). The Balaban J connectivity index is 2.11. The maximum atomic E-state index is 12.9. The van der Waals surface area contributed by atoms with Gasteiger partial charge in [0.05, 0.1) is 5.39 Å². The summed E-state index contributed by atoms with van der Waals surface area (Å²) in [4.78, 5) is 30.6. The molecule has 2 heterocycles. The Bertz CT molecular complexity index is 994. The minimum absolute atomic E-state index is 0.0976. The lowest BCUT2D eigenvalue weighted by Crippen LogP contribution is -2.27. The summed E-state index contributed by atoms with van der Waals surface area (Å²) in [6.45, 7) is 2.27. The normalized spacial score (nSPS) is 11.1. The predicted molar refractivity (Wildman–Crippen MR) is 101 cm³/mol. The van der Waals surface area contributed by atoms with Crippen molar-refractivity contribution in [2.24, 2.45) is 5.73 Å². The van der Waals surface area contributed by atoms with Crippen LogP contribution in [0.4, 0.5) is 0 Å². The fraction of sp³-hybridized carbons (Fsp3) is 0.278. The zero-order chi connectivity index (χ0) is 18.0. The molecule has 1 aromatic carbocycles. The van der Waals surface area contributed by atoms with E-state index in [1.165, 1.54) is 11.3 Å². The number of primary amides is 1. The van der Waals surface area contributed by atoms with E-state index in [1.807, 2.05) is 31.2 Å². The highest BCUT2D eigenvalue weighted by Crippen LogP contribution is 2.23. The topological polar surface area (TPSA) is 78.0 Å². The minimum atomic E-state index is -0.444. The molecule has 0 aliphatic heterocycles. The average molecular weight is 376 g/mol. The highest BCUT2D eigenvalue weighted by Gasteiger charge is 2.15. The number of rotatable bonds is 6. The fourth-order valence-corrected chi connectivity index (χ4v) is 3.89. The first-order valence-corrected chi connectivity index (χ1v) is 9.22. The van der Waals surface area contributed by atoms with Crippen molar-refractivity contribution in [3.05, 3.63) is 62.0 Å². The van der Waals surface area contributed by atoms with Gasteiger partial charge in [-0.15, -0.1) is 11.3 Å². The van der Waals surface area contributed by atoms with Crippen molar-refractivity contribution >= 4 is 39.1 Å². The maximum absolute atomic E-state index is 12.9. The van der Waals surface area contributed by atoms with Gasteiger partial charge in [-0.1, -0.05) is 30.7 Å². The summed E-state index contributed by atoms with van der Waals surface area (Å²) in [6.07, 6.45) is 1.41. The van der Waals surface area contributed by atoms with Crippen molar-refractivity contribution < 1.29 is 4.79 Å². The number of thiophene rings is 1. The van der Waals surface area contributed by atoms with Crippen LogP contribution in [0.1, 0.15) is 29.6 Å². The molecule has 0 aliphatic rings. The quantitative estimate of drug-likeness (QED) is 0.718. The third-order valence-electron chi connectivity index (χ3n) is 3.96. The molecule has 3 rings (SSSR count). The predicted octanol–water partition coefficient (Wildman–Crippen LogP) is 3.14. The van der Waals surface area contributed by atoms with Crippen LogP contribution in [0.2, 0.25) is 5.02 Å². The number of nitrogens with zero attached hydrogens (tertiary/aromatic N) is 2. The number of carbonyl (C=O) groups is 1. The van der Waals surface area contributed by atoms with E-state index in [9.17, 15) is 9.59 Å². The van der Waals surface area contributed by atoms with Gasteiger partial charge in [0.2, 0.25) is 5.91 Å². The van der Waals surface area contributed by atoms with Crippen LogP contribution >= 0.6 is 22.9 Å². The SMILES string of the molecule is CCc1cc2c(=O)n(CCC(N)=O)c(Cc3cccc(Cl)c3)nc2s1. The Kier molecular flexibility index (Phi) is 5.20. The maximum Gasteiger partial charge on any atom is 0.262 e. The molecule has 5 nitrogen and oxygen atoms in total. The lowest BCUT2D eigenvalue weighted by atomic mass is 10.1. The van der Waals surface area contributed by atoms with Gasteiger partial charge >= 0.3 is 0 Å². The summed E-state index contributed by atoms with van der Waals surface area (Å²) in [5.74, 6) is 0.172. The number of hydrogen-bond acceptors (Lipinski definition) is 4. The molecule has 0 spiro atoms. The number of fused-ring (bicyclic) bond motifs is 1. The molecule has 0 unspecified atom stereocenters. The van der Waals surface area contributed by atoms with Crippen LogP contribution < -0.4 is 11.3 Å². The lowest BCUT2D eigenvalue weighted by Gasteiger charge is -2.12. The molecule has 0 saturated carbocycles. The molecule has 25 heavy (non-hydrogen) atoms. The van der Waals surface area contributed by atoms with Crippen molar-refractivity contribution in [3.8, 4) is 0 Å². The van der Waals surface area contributed by atoms with Crippen LogP contribution in [0.3, 0.4) is 0 Å². The van der Waals surface area contributed by atoms with Crippen LogP contribution in [0.25, 0.3) is 10.2 Å². The summed E-state index contributed by atoms with van der Waals surface area (Å²) in [7, 11) is 0. The number of hydrogen-bond donors (Lipinski definition) is 1. The first-order chi connectivity index (χ1) is 12.0. The molecular formula is C18H18ClN3O2S. The number of aryl methyl sites for hydroxylation is 1. The number of aromatic nitrogens is 2. The monoisotopic (exact) mass is 375 g/mol. The second kappa shape index (κ2) is 7.37. The third kappa shape index (κ3) is 3.91. The number of carbonyl (C=O) groups excluding carboxylic acids is 1. The summed E-state index contributed by atoms with van der Waals surface area (Å²) in [5.41, 5.74) is 6.09. The molecule has 1 amide bonds. The first kappa shape index (κ1) is 17.6. The smallest absolute Gasteiger partial charge is 0.262 e. The van der Waals surface area contributed by atoms with Crippen molar-refractivity contribution in [2.45, 2.75) is 32.7 Å². The van der Waals surface area contributed by atoms with E-state index in [1.54, 1.807) is 10.6 Å². The molecule has 130 valence electrons. The van der Waals surface area contributed by atoms with Crippen molar-refractivity contribution in [2.75, 3.05) is 0 Å². The average Bonchev–Trinajstić information content (AvgIpc) is 2.98. The Hall–Kier alpha value is -2.18. The van der Waals surface area contributed by atoms with Crippen LogP contribution in [0, 0.1) is 0 Å². The summed E-state index contributed by atoms with van der Waals surface area (Å²) < 4.78 is 1.56. The first-order valence-electron chi connectivity index (χ1n) is 8.02. The highest BCUT2D eigenvalue weighted by atomic mass is 35.5. The molecular weight excluding hydrogens is 358 g/mol. The molecule has 0 aliphatic carbocycles. The lowest BCUT2D eigenvalue weighted by molar-refractivity contribution is -0.118. The van der Waals surface area contributed by atoms with Gasteiger partial charge in [0.1, 0.15) is 10.7 Å². The van der Waals surface area contributed by atoms with Crippen LogP contribution in [0.15, 0.2) is 35.1 Å². The molecule has 0 saturated heterocycles. The minimum Gasteiger partial charge on any atom is -0.370 e. The summed E-state index contributed by atoms with van der Waals surface area (Å²) >= 11 is 7.58. The number of benzene rings is 1. The van der Waals surface area contributed by atoms with Crippen LogP contribution in [0.5, 0.6) is 0 Å². The van der Waals surface area contributed by atoms with E-state index in [0.717, 1.165) is 21.7 Å². The van der Waals surface area contributed by atoms with E-state index >= 15 is 0 Å². The Morgan fingerprint density at radius 2 is 2.16 bits per heavy atom. The number of halogens is 1. The van der Waals surface area contributed by atoms with E-state index in [2.05, 4.69) is 0 Å². The van der Waals surface area contributed by atoms with Gasteiger partial charge in [-0.2, -0.15) is 0 Å². The van der Waals surface area contributed by atoms with Crippen LogP contribution in [-0.2, 0) is 24.2 Å². The van der Waals surface area contributed by atoms with Gasteiger partial charge in [-0.05, 0) is 30.2 Å². The van der Waals surface area contributed by atoms with Crippen molar-refractivity contribution in [3.63, 3.8) is 0 Å². The molecule has 2 aromatic heterocycles. The molecule has 2 N–H and O–H groups in total. The molecule has 0 bridgehead atoms. The Morgan fingerprint density at radius 1 is 1.36 bits per heavy atom. The second-order valence-corrected chi connectivity index (χ2v) is 7.34. The summed E-state index contributed by atoms with van der Waals surface area (Å²) in [6, 6.07) is 9.34. The van der Waals surface area contributed by atoms with Gasteiger partial charge < -0.3 is 5.73 Å². The Labute approximate surface area is 154 Å². The zero-order valence-corrected chi connectivity index (χ0v) is 15.4. The van der Waals surface area contributed by atoms with E-state index < -0.39 is 5.91 Å². The molecule has 0 radical (unpaired) electrons. The van der Waals surface area contributed by atoms with E-state index in [4.69, 9.17) is 22.3 Å². The van der Waals surface area contributed by atoms with Crippen molar-refractivity contribution in [1.82, 2.24) is 9.55 Å². The fourth-order valence-electron chi connectivity index (χ4n) is 2.70. The highest BCUT2D eigenvalue weighted by molar-refractivity contribution is 7.18. The Morgan fingerprint density at radius 3 is 2.84 bits per heavy atom. The number of amides is 1. The van der Waals surface area contributed by atoms with Crippen molar-refractivity contribution in [1.29, 1.82) is 0 Å². The molecule has 3 aromatic rings. The van der Waals surface area contributed by atoms with Crippen LogP contribution in [-0.4, -0.2) is 15.5 Å². The summed E-state index contributed by atoms with van der Waals surface area (Å²) in [5, 5.41) is 1.23. The van der Waals surface area contributed by atoms with Gasteiger partial charge in [-0.25, -0.2) is 4.98 Å². The second-order valence-electron chi connectivity index (χ2n) is 5.79. The van der Waals surface area contributed by atoms with E-state index in [0.29, 0.717) is 22.7 Å². The zero-order valence-electron chi connectivity index (χ0n) is 13.8. The largest absolute Gasteiger partial charge is 0.370 e. The molecule has 0 atom stereocenters. The van der Waals surface area contributed by atoms with Gasteiger partial charge in [0, 0.05) is 29.3 Å². The third-order valence-corrected chi connectivity index (χ3v) is 5.37. The van der Waals surface area contributed by atoms with Gasteiger partial charge in [0.25, 0.3) is 5.56 Å². The number of nitrogens with two attached hydrogens (primary N) is 1. The molecule has 0 fully saturated rings.